The summed E-state index contributed by atoms with van der Waals surface area (Å²) in [5, 5.41) is 13.4. The Hall–Kier alpha value is -2.15. The largest absolute Gasteiger partial charge is 0.397 e. The van der Waals surface area contributed by atoms with Crippen molar-refractivity contribution in [2.75, 3.05) is 24.6 Å². The third kappa shape index (κ3) is 3.05. The molecule has 1 heterocycles. The van der Waals surface area contributed by atoms with Crippen LogP contribution in [0.5, 0.6) is 0 Å². The Morgan fingerprint density at radius 2 is 2.25 bits per heavy atom. The topological polar surface area (TPSA) is 102 Å². The van der Waals surface area contributed by atoms with Crippen molar-refractivity contribution >= 4 is 23.0 Å². The maximum Gasteiger partial charge on any atom is 0.271 e. The van der Waals surface area contributed by atoms with Crippen molar-refractivity contribution < 1.29 is 9.72 Å². The van der Waals surface area contributed by atoms with Gasteiger partial charge in [0.1, 0.15) is 0 Å². The van der Waals surface area contributed by atoms with E-state index in [1.54, 1.807) is 0 Å². The first-order valence-electron chi connectivity index (χ1n) is 6.54. The standard InChI is InChI=1S/C13H18N4O3/c1-16-7-3-2-4-12(16)13(18)15-11-8-9(17(19)20)5-6-10(11)14/h5-6,8,12H,2-4,7,14H2,1H3,(H,15,18). The van der Waals surface area contributed by atoms with Gasteiger partial charge >= 0.3 is 0 Å². The highest BCUT2D eigenvalue weighted by molar-refractivity contribution is 5.97. The van der Waals surface area contributed by atoms with Crippen LogP contribution < -0.4 is 11.1 Å². The number of nitrogens with zero attached hydrogens (tertiary/aromatic N) is 2. The molecule has 0 aliphatic carbocycles. The number of nitro benzene ring substituents is 1. The van der Waals surface area contributed by atoms with E-state index in [4.69, 9.17) is 5.73 Å². The number of amides is 1. The van der Waals surface area contributed by atoms with Crippen LogP contribution in [0.25, 0.3) is 0 Å². The first-order valence-corrected chi connectivity index (χ1v) is 6.54. The normalized spacial score (nSPS) is 19.6. The van der Waals surface area contributed by atoms with E-state index < -0.39 is 4.92 Å². The summed E-state index contributed by atoms with van der Waals surface area (Å²) in [4.78, 5) is 24.5. The molecule has 2 rings (SSSR count). The predicted molar refractivity (Wildman–Crippen MR) is 76.4 cm³/mol. The van der Waals surface area contributed by atoms with Gasteiger partial charge in [0.15, 0.2) is 0 Å². The fourth-order valence-electron chi connectivity index (χ4n) is 2.39. The number of carbonyl (C=O) groups is 1. The first kappa shape index (κ1) is 14.3. The maximum atomic E-state index is 12.2. The number of benzene rings is 1. The van der Waals surface area contributed by atoms with Gasteiger partial charge in [-0.05, 0) is 32.5 Å². The Labute approximate surface area is 116 Å². The summed E-state index contributed by atoms with van der Waals surface area (Å²) in [5.74, 6) is -0.167. The number of carbonyl (C=O) groups excluding carboxylic acids is 1. The fourth-order valence-corrected chi connectivity index (χ4v) is 2.39. The number of hydrogen-bond donors (Lipinski definition) is 2. The van der Waals surface area contributed by atoms with Crippen LogP contribution >= 0.6 is 0 Å². The molecule has 3 N–H and O–H groups in total. The second-order valence-electron chi connectivity index (χ2n) is 5.01. The van der Waals surface area contributed by atoms with Gasteiger partial charge in [-0.3, -0.25) is 19.8 Å². The SMILES string of the molecule is CN1CCCCC1C(=O)Nc1cc([N+](=O)[O-])ccc1N. The molecule has 1 aromatic rings. The molecule has 0 aromatic heterocycles. The van der Waals surface area contributed by atoms with Crippen molar-refractivity contribution in [2.45, 2.75) is 25.3 Å². The van der Waals surface area contributed by atoms with E-state index in [-0.39, 0.29) is 17.6 Å². The molecule has 7 nitrogen and oxygen atoms in total. The van der Waals surface area contributed by atoms with Gasteiger partial charge in [-0.1, -0.05) is 6.42 Å². The second kappa shape index (κ2) is 5.87. The Morgan fingerprint density at radius 3 is 2.90 bits per heavy atom. The number of likely N-dealkylation sites (tertiary alicyclic amines) is 1. The lowest BCUT2D eigenvalue weighted by Crippen LogP contribution is -2.44. The third-order valence-corrected chi connectivity index (χ3v) is 3.58. The van der Waals surface area contributed by atoms with E-state index >= 15 is 0 Å². The average Bonchev–Trinajstić information content (AvgIpc) is 2.41. The fraction of sp³-hybridized carbons (Fsp3) is 0.462. The summed E-state index contributed by atoms with van der Waals surface area (Å²) >= 11 is 0. The number of likely N-dealkylation sites (N-methyl/N-ethyl adjacent to an activating group) is 1. The van der Waals surface area contributed by atoms with E-state index in [1.807, 2.05) is 11.9 Å². The summed E-state index contributed by atoms with van der Waals surface area (Å²) in [6.45, 7) is 0.877. The molecule has 20 heavy (non-hydrogen) atoms. The lowest BCUT2D eigenvalue weighted by Gasteiger charge is -2.31. The van der Waals surface area contributed by atoms with Crippen molar-refractivity contribution in [1.29, 1.82) is 0 Å². The maximum absolute atomic E-state index is 12.2. The van der Waals surface area contributed by atoms with Crippen molar-refractivity contribution in [2.24, 2.45) is 0 Å². The molecule has 1 amide bonds. The van der Waals surface area contributed by atoms with E-state index in [9.17, 15) is 14.9 Å². The van der Waals surface area contributed by atoms with Crippen LogP contribution in [0.4, 0.5) is 17.1 Å². The van der Waals surface area contributed by atoms with Crippen LogP contribution in [-0.2, 0) is 4.79 Å². The average molecular weight is 278 g/mol. The predicted octanol–water partition coefficient (Wildman–Crippen LogP) is 1.60. The third-order valence-electron chi connectivity index (χ3n) is 3.58. The molecule has 108 valence electrons. The zero-order chi connectivity index (χ0) is 14.7. The Bertz CT molecular complexity index is 532. The zero-order valence-corrected chi connectivity index (χ0v) is 11.3. The number of rotatable bonds is 3. The van der Waals surface area contributed by atoms with Crippen molar-refractivity contribution in [3.63, 3.8) is 0 Å². The zero-order valence-electron chi connectivity index (χ0n) is 11.3. The number of piperidine rings is 1. The van der Waals surface area contributed by atoms with Gasteiger partial charge in [0, 0.05) is 12.1 Å². The minimum absolute atomic E-state index is 0.0912. The molecule has 1 aliphatic heterocycles. The van der Waals surface area contributed by atoms with Crippen LogP contribution in [0.2, 0.25) is 0 Å². The molecule has 0 radical (unpaired) electrons. The number of nitro groups is 1. The Morgan fingerprint density at radius 1 is 1.50 bits per heavy atom. The van der Waals surface area contributed by atoms with Gasteiger partial charge in [-0.2, -0.15) is 0 Å². The van der Waals surface area contributed by atoms with Crippen LogP contribution in [-0.4, -0.2) is 35.4 Å². The molecular weight excluding hydrogens is 260 g/mol. The van der Waals surface area contributed by atoms with E-state index in [0.29, 0.717) is 11.4 Å². The van der Waals surface area contributed by atoms with E-state index in [0.717, 1.165) is 25.8 Å². The molecule has 0 bridgehead atoms. The van der Waals surface area contributed by atoms with Gasteiger partial charge < -0.3 is 11.1 Å². The lowest BCUT2D eigenvalue weighted by molar-refractivity contribution is -0.384. The minimum atomic E-state index is -0.512. The van der Waals surface area contributed by atoms with Crippen LogP contribution in [0.3, 0.4) is 0 Å². The molecular formula is C13H18N4O3. The number of anilines is 2. The van der Waals surface area contributed by atoms with Crippen LogP contribution in [0.15, 0.2) is 18.2 Å². The van der Waals surface area contributed by atoms with Crippen molar-refractivity contribution in [1.82, 2.24) is 4.90 Å². The second-order valence-corrected chi connectivity index (χ2v) is 5.01. The van der Waals surface area contributed by atoms with Crippen molar-refractivity contribution in [3.05, 3.63) is 28.3 Å². The van der Waals surface area contributed by atoms with Gasteiger partial charge in [-0.15, -0.1) is 0 Å². The number of hydrogen-bond acceptors (Lipinski definition) is 5. The smallest absolute Gasteiger partial charge is 0.271 e. The molecule has 1 fully saturated rings. The van der Waals surface area contributed by atoms with E-state index in [2.05, 4.69) is 5.32 Å². The van der Waals surface area contributed by atoms with Gasteiger partial charge in [0.05, 0.1) is 22.3 Å². The molecule has 1 atom stereocenters. The quantitative estimate of drug-likeness (QED) is 0.497. The highest BCUT2D eigenvalue weighted by Gasteiger charge is 2.26. The summed E-state index contributed by atoms with van der Waals surface area (Å²) in [7, 11) is 1.90. The number of nitrogen functional groups attached to an aromatic ring is 1. The summed E-state index contributed by atoms with van der Waals surface area (Å²) < 4.78 is 0. The molecule has 0 spiro atoms. The monoisotopic (exact) mass is 278 g/mol. The van der Waals surface area contributed by atoms with Crippen LogP contribution in [0, 0.1) is 10.1 Å². The van der Waals surface area contributed by atoms with E-state index in [1.165, 1.54) is 18.2 Å². The van der Waals surface area contributed by atoms with Gasteiger partial charge in [0.25, 0.3) is 5.69 Å². The Kier molecular flexibility index (Phi) is 4.19. The number of non-ortho nitro benzene ring substituents is 1. The molecule has 1 saturated heterocycles. The van der Waals surface area contributed by atoms with Gasteiger partial charge in [0.2, 0.25) is 5.91 Å². The summed E-state index contributed by atoms with van der Waals surface area (Å²) in [6.07, 6.45) is 2.88. The summed E-state index contributed by atoms with van der Waals surface area (Å²) in [6, 6.07) is 3.83. The van der Waals surface area contributed by atoms with Crippen molar-refractivity contribution in [3.8, 4) is 0 Å². The number of nitrogens with two attached hydrogens (primary N) is 1. The van der Waals surface area contributed by atoms with Gasteiger partial charge in [-0.25, -0.2) is 0 Å². The number of nitrogens with one attached hydrogen (secondary N) is 1. The first-order chi connectivity index (χ1) is 9.49. The van der Waals surface area contributed by atoms with Crippen LogP contribution in [0.1, 0.15) is 19.3 Å². The molecule has 1 aliphatic rings. The molecule has 1 unspecified atom stereocenters. The Balaban J connectivity index is 2.14. The highest BCUT2D eigenvalue weighted by Crippen LogP contribution is 2.25. The molecule has 0 saturated carbocycles. The minimum Gasteiger partial charge on any atom is -0.397 e. The molecule has 1 aromatic carbocycles. The molecule has 7 heteroatoms. The summed E-state index contributed by atoms with van der Waals surface area (Å²) in [5.41, 5.74) is 6.28. The highest BCUT2D eigenvalue weighted by atomic mass is 16.6. The lowest BCUT2D eigenvalue weighted by atomic mass is 10.0.